The minimum atomic E-state index is -4.36. The predicted molar refractivity (Wildman–Crippen MR) is 143 cm³/mol. The van der Waals surface area contributed by atoms with Crippen molar-refractivity contribution in [3.8, 4) is 22.6 Å². The molecule has 1 N–H and O–H groups in total. The fraction of sp³-hybridized carbons (Fsp3) is 0.448. The van der Waals surface area contributed by atoms with E-state index in [-0.39, 0.29) is 33.2 Å². The molecule has 0 unspecified atom stereocenters. The quantitative estimate of drug-likeness (QED) is 0.340. The molecular formula is C29H31F3O2S2. The van der Waals surface area contributed by atoms with Crippen molar-refractivity contribution in [2.24, 2.45) is 10.8 Å². The number of hydrogen-bond donors (Lipinski definition) is 1. The number of ether oxygens (including phenoxy) is 1. The summed E-state index contributed by atoms with van der Waals surface area (Å²) in [5.74, 6) is 0.916. The Balaban J connectivity index is 1.87. The lowest BCUT2D eigenvalue weighted by atomic mass is 9.52. The molecule has 2 aliphatic carbocycles. The largest absolute Gasteiger partial charge is 0.507 e. The molecule has 0 saturated heterocycles. The maximum Gasteiger partial charge on any atom is 0.446 e. The first-order valence-corrected chi connectivity index (χ1v) is 14.1. The van der Waals surface area contributed by atoms with Gasteiger partial charge in [-0.1, -0.05) is 33.8 Å². The molecule has 1 spiro atoms. The van der Waals surface area contributed by atoms with Gasteiger partial charge in [0, 0.05) is 20.6 Å². The molecule has 0 atom stereocenters. The Morgan fingerprint density at radius 2 is 1.56 bits per heavy atom. The van der Waals surface area contributed by atoms with E-state index in [1.165, 1.54) is 0 Å². The van der Waals surface area contributed by atoms with E-state index < -0.39 is 10.9 Å². The maximum atomic E-state index is 13.4. The van der Waals surface area contributed by atoms with Gasteiger partial charge in [0.2, 0.25) is 0 Å². The minimum Gasteiger partial charge on any atom is -0.507 e. The van der Waals surface area contributed by atoms with E-state index >= 15 is 0 Å². The van der Waals surface area contributed by atoms with Crippen molar-refractivity contribution in [3.63, 3.8) is 0 Å². The number of thioether (sulfide) groups is 2. The lowest BCUT2D eigenvalue weighted by Crippen LogP contribution is -2.43. The highest BCUT2D eigenvalue weighted by Crippen LogP contribution is 2.65. The Kier molecular flexibility index (Phi) is 5.88. The molecule has 0 amide bonds. The number of benzene rings is 3. The molecule has 0 aliphatic heterocycles. The molecule has 5 rings (SSSR count). The number of phenols is 1. The minimum absolute atomic E-state index is 0.0290. The summed E-state index contributed by atoms with van der Waals surface area (Å²) in [6.07, 6.45) is 4.58. The predicted octanol–water partition coefficient (Wildman–Crippen LogP) is 9.39. The molecule has 36 heavy (non-hydrogen) atoms. The molecule has 2 aliphatic rings. The second-order valence-electron chi connectivity index (χ2n) is 11.8. The smallest absolute Gasteiger partial charge is 0.446 e. The third-order valence-corrected chi connectivity index (χ3v) is 9.14. The zero-order valence-corrected chi connectivity index (χ0v) is 23.0. The summed E-state index contributed by atoms with van der Waals surface area (Å²) in [5.41, 5.74) is -1.00. The lowest BCUT2D eigenvalue weighted by molar-refractivity contribution is -0.0328. The van der Waals surface area contributed by atoms with Crippen molar-refractivity contribution >= 4 is 34.3 Å². The van der Waals surface area contributed by atoms with E-state index in [4.69, 9.17) is 4.74 Å². The summed E-state index contributed by atoms with van der Waals surface area (Å²) in [7, 11) is 1.63. The van der Waals surface area contributed by atoms with Crippen LogP contribution in [-0.2, 0) is 5.41 Å². The molecule has 0 heterocycles. The van der Waals surface area contributed by atoms with Gasteiger partial charge in [0.1, 0.15) is 11.5 Å². The molecule has 1 saturated carbocycles. The summed E-state index contributed by atoms with van der Waals surface area (Å²) < 4.78 is 45.8. The zero-order chi connectivity index (χ0) is 26.3. The van der Waals surface area contributed by atoms with Crippen molar-refractivity contribution in [1.82, 2.24) is 0 Å². The van der Waals surface area contributed by atoms with Gasteiger partial charge in [-0.15, -0.1) is 11.8 Å². The number of aromatic hydroxyl groups is 1. The standard InChI is InChI=1S/C29H31F3O2S2/c1-26(2)13-27(3,4)15-28(14-26)20-9-16(36-29(30,31)32)7-8-17(20)25-19-10-23(34-5)24(35-6)11-18(19)22(33)12-21(25)28/h7-12,33H,13-15H2,1-6H3. The Labute approximate surface area is 219 Å². The number of rotatable bonds is 3. The molecule has 0 bridgehead atoms. The Morgan fingerprint density at radius 3 is 2.14 bits per heavy atom. The molecule has 7 heteroatoms. The highest BCUT2D eigenvalue weighted by molar-refractivity contribution is 8.00. The van der Waals surface area contributed by atoms with Crippen LogP contribution in [0.4, 0.5) is 13.2 Å². The number of fused-ring (bicyclic) bond motifs is 7. The van der Waals surface area contributed by atoms with E-state index in [2.05, 4.69) is 27.7 Å². The summed E-state index contributed by atoms with van der Waals surface area (Å²) in [6, 6.07) is 11.0. The zero-order valence-electron chi connectivity index (χ0n) is 21.4. The van der Waals surface area contributed by atoms with Crippen molar-refractivity contribution in [3.05, 3.63) is 47.5 Å². The summed E-state index contributed by atoms with van der Waals surface area (Å²) in [4.78, 5) is 1.12. The SMILES string of the molecule is COc1cc2c3c(cc(O)c2cc1SC)C1(CC(C)(C)CC(C)(C)C1)c1cc(SC(F)(F)F)ccc1-3. The summed E-state index contributed by atoms with van der Waals surface area (Å²) in [5, 5.41) is 12.9. The molecule has 1 fully saturated rings. The number of methoxy groups -OCH3 is 1. The van der Waals surface area contributed by atoms with E-state index in [0.717, 1.165) is 62.9 Å². The van der Waals surface area contributed by atoms with E-state index in [9.17, 15) is 18.3 Å². The van der Waals surface area contributed by atoms with Gasteiger partial charge in [-0.05, 0) is 106 Å². The number of phenolic OH excluding ortho intramolecular Hbond substituents is 1. The van der Waals surface area contributed by atoms with E-state index in [0.29, 0.717) is 0 Å². The number of alkyl halides is 3. The number of halogens is 3. The monoisotopic (exact) mass is 532 g/mol. The Morgan fingerprint density at radius 1 is 0.889 bits per heavy atom. The van der Waals surface area contributed by atoms with Crippen LogP contribution in [0.5, 0.6) is 11.5 Å². The second kappa shape index (κ2) is 8.26. The molecule has 0 radical (unpaired) electrons. The molecule has 0 aromatic heterocycles. The lowest BCUT2D eigenvalue weighted by Gasteiger charge is -2.51. The molecule has 3 aromatic rings. The average molecular weight is 533 g/mol. The van der Waals surface area contributed by atoms with Crippen LogP contribution in [0.2, 0.25) is 0 Å². The fourth-order valence-corrected chi connectivity index (χ4v) is 8.53. The molecule has 2 nitrogen and oxygen atoms in total. The molecule has 192 valence electrons. The highest BCUT2D eigenvalue weighted by atomic mass is 32.2. The molecule has 3 aromatic carbocycles. The molecular weight excluding hydrogens is 501 g/mol. The van der Waals surface area contributed by atoms with Gasteiger partial charge in [-0.3, -0.25) is 0 Å². The maximum absolute atomic E-state index is 13.4. The van der Waals surface area contributed by atoms with Crippen LogP contribution in [0.1, 0.15) is 58.1 Å². The van der Waals surface area contributed by atoms with Gasteiger partial charge in [-0.25, -0.2) is 0 Å². The van der Waals surface area contributed by atoms with Crippen molar-refractivity contribution in [2.45, 2.75) is 67.7 Å². The van der Waals surface area contributed by atoms with Crippen LogP contribution < -0.4 is 4.74 Å². The van der Waals surface area contributed by atoms with Gasteiger partial charge in [0.05, 0.1) is 7.11 Å². The third-order valence-electron chi connectivity index (χ3n) is 7.66. The van der Waals surface area contributed by atoms with Crippen LogP contribution in [0.3, 0.4) is 0 Å². The fourth-order valence-electron chi connectivity index (χ4n) is 7.37. The van der Waals surface area contributed by atoms with Crippen LogP contribution in [0.25, 0.3) is 21.9 Å². The number of hydrogen-bond acceptors (Lipinski definition) is 4. The Bertz CT molecular complexity index is 1360. The Hall–Kier alpha value is -1.99. The van der Waals surface area contributed by atoms with Gasteiger partial charge >= 0.3 is 5.51 Å². The third kappa shape index (κ3) is 4.16. The van der Waals surface area contributed by atoms with Crippen molar-refractivity contribution < 1.29 is 23.0 Å². The second-order valence-corrected chi connectivity index (χ2v) is 13.8. The van der Waals surface area contributed by atoms with Gasteiger partial charge < -0.3 is 9.84 Å². The van der Waals surface area contributed by atoms with Gasteiger partial charge in [0.25, 0.3) is 0 Å². The first-order valence-electron chi connectivity index (χ1n) is 12.0. The van der Waals surface area contributed by atoms with Gasteiger partial charge in [0.15, 0.2) is 0 Å². The normalized spacial score (nSPS) is 19.4. The first-order chi connectivity index (χ1) is 16.7. The summed E-state index contributed by atoms with van der Waals surface area (Å²) >= 11 is 1.48. The van der Waals surface area contributed by atoms with E-state index in [1.54, 1.807) is 31.0 Å². The van der Waals surface area contributed by atoms with Crippen LogP contribution in [-0.4, -0.2) is 24.0 Å². The highest BCUT2D eigenvalue weighted by Gasteiger charge is 2.54. The van der Waals surface area contributed by atoms with Gasteiger partial charge in [-0.2, -0.15) is 13.2 Å². The van der Waals surface area contributed by atoms with E-state index in [1.807, 2.05) is 30.5 Å². The average Bonchev–Trinajstić information content (AvgIpc) is 2.97. The van der Waals surface area contributed by atoms with Crippen LogP contribution in [0, 0.1) is 10.8 Å². The van der Waals surface area contributed by atoms with Crippen LogP contribution >= 0.6 is 23.5 Å². The van der Waals surface area contributed by atoms with Crippen molar-refractivity contribution in [2.75, 3.05) is 13.4 Å². The first kappa shape index (κ1) is 25.7. The summed E-state index contributed by atoms with van der Waals surface area (Å²) in [6.45, 7) is 8.99. The van der Waals surface area contributed by atoms with Crippen molar-refractivity contribution in [1.29, 1.82) is 0 Å². The van der Waals surface area contributed by atoms with Crippen LogP contribution in [0.15, 0.2) is 46.2 Å². The topological polar surface area (TPSA) is 29.5 Å².